The molecule has 110 valence electrons. The third-order valence-electron chi connectivity index (χ3n) is 5.97. The molecule has 0 spiro atoms. The number of hydrogen-bond donors (Lipinski definition) is 1. The fraction of sp³-hybridized carbons (Fsp3) is 0.684. The first-order chi connectivity index (χ1) is 9.80. The zero-order valence-electron chi connectivity index (χ0n) is 13.2. The molecular weight excluding hydrogens is 242 g/mol. The highest BCUT2D eigenvalue weighted by molar-refractivity contribution is 5.40. The molecule has 1 saturated carbocycles. The van der Waals surface area contributed by atoms with Crippen molar-refractivity contribution in [2.75, 3.05) is 7.05 Å². The van der Waals surface area contributed by atoms with Crippen LogP contribution in [0.15, 0.2) is 24.3 Å². The molecule has 3 rings (SSSR count). The molecule has 0 amide bonds. The van der Waals surface area contributed by atoms with Gasteiger partial charge in [-0.2, -0.15) is 0 Å². The van der Waals surface area contributed by atoms with Crippen LogP contribution in [-0.2, 0) is 6.42 Å². The molecule has 4 atom stereocenters. The second-order valence-corrected chi connectivity index (χ2v) is 6.82. The number of aryl methyl sites for hydroxylation is 1. The highest BCUT2D eigenvalue weighted by Gasteiger charge is 2.55. The third-order valence-corrected chi connectivity index (χ3v) is 5.97. The van der Waals surface area contributed by atoms with E-state index in [1.165, 1.54) is 32.1 Å². The summed E-state index contributed by atoms with van der Waals surface area (Å²) in [6.45, 7) is 4.69. The van der Waals surface area contributed by atoms with Crippen molar-refractivity contribution in [2.24, 2.45) is 17.8 Å². The van der Waals surface area contributed by atoms with Crippen LogP contribution in [0.3, 0.4) is 0 Å². The molecule has 0 bridgehead atoms. The van der Waals surface area contributed by atoms with E-state index in [4.69, 9.17) is 0 Å². The van der Waals surface area contributed by atoms with Gasteiger partial charge in [0, 0.05) is 6.04 Å². The van der Waals surface area contributed by atoms with Gasteiger partial charge in [0.2, 0.25) is 0 Å². The van der Waals surface area contributed by atoms with Gasteiger partial charge in [0.15, 0.2) is 0 Å². The van der Waals surface area contributed by atoms with Gasteiger partial charge in [0.05, 0.1) is 0 Å². The van der Waals surface area contributed by atoms with Crippen molar-refractivity contribution in [3.05, 3.63) is 35.4 Å². The molecule has 4 unspecified atom stereocenters. The van der Waals surface area contributed by atoms with E-state index >= 15 is 0 Å². The lowest BCUT2D eigenvalue weighted by atomic mass is 9.91. The second kappa shape index (κ2) is 5.89. The average molecular weight is 271 g/mol. The number of nitrogens with one attached hydrogen (secondary N) is 1. The van der Waals surface area contributed by atoms with Gasteiger partial charge in [-0.1, -0.05) is 51.0 Å². The Balaban J connectivity index is 1.73. The summed E-state index contributed by atoms with van der Waals surface area (Å²) in [5.41, 5.74) is 3.28. The summed E-state index contributed by atoms with van der Waals surface area (Å²) in [5.74, 6) is 3.60. The summed E-state index contributed by atoms with van der Waals surface area (Å²) >= 11 is 0. The van der Waals surface area contributed by atoms with Crippen LogP contribution in [0, 0.1) is 17.8 Å². The van der Waals surface area contributed by atoms with Crippen molar-refractivity contribution in [1.82, 2.24) is 5.32 Å². The van der Waals surface area contributed by atoms with Gasteiger partial charge in [-0.25, -0.2) is 0 Å². The first-order valence-electron chi connectivity index (χ1n) is 8.55. The molecule has 2 aliphatic carbocycles. The Morgan fingerprint density at radius 2 is 1.95 bits per heavy atom. The van der Waals surface area contributed by atoms with Gasteiger partial charge < -0.3 is 5.32 Å². The average Bonchev–Trinajstić information content (AvgIpc) is 3.23. The third kappa shape index (κ3) is 2.41. The summed E-state index contributed by atoms with van der Waals surface area (Å²) in [6.07, 6.45) is 6.73. The van der Waals surface area contributed by atoms with E-state index in [1.54, 1.807) is 11.1 Å². The molecule has 1 aromatic rings. The molecule has 1 aromatic carbocycles. The molecular formula is C19H29N. The summed E-state index contributed by atoms with van der Waals surface area (Å²) in [5, 5.41) is 3.65. The van der Waals surface area contributed by atoms with Crippen LogP contribution < -0.4 is 5.32 Å². The van der Waals surface area contributed by atoms with Gasteiger partial charge >= 0.3 is 0 Å². The Labute approximate surface area is 124 Å². The van der Waals surface area contributed by atoms with Gasteiger partial charge in [0.25, 0.3) is 0 Å². The number of benzene rings is 1. The Hall–Kier alpha value is -0.820. The summed E-state index contributed by atoms with van der Waals surface area (Å²) in [4.78, 5) is 0. The van der Waals surface area contributed by atoms with E-state index < -0.39 is 0 Å². The maximum absolute atomic E-state index is 3.65. The molecule has 1 N–H and O–H groups in total. The fourth-order valence-corrected chi connectivity index (χ4v) is 4.62. The number of rotatable bonds is 6. The van der Waals surface area contributed by atoms with E-state index in [9.17, 15) is 0 Å². The minimum absolute atomic E-state index is 0.723. The Kier molecular flexibility index (Phi) is 4.16. The molecule has 1 heteroatoms. The van der Waals surface area contributed by atoms with Crippen LogP contribution in [-0.4, -0.2) is 13.1 Å². The number of hydrogen-bond acceptors (Lipinski definition) is 1. The number of fused-ring (bicyclic) bond motifs is 3. The minimum atomic E-state index is 0.723. The zero-order valence-corrected chi connectivity index (χ0v) is 13.2. The van der Waals surface area contributed by atoms with E-state index in [0.717, 1.165) is 29.7 Å². The minimum Gasteiger partial charge on any atom is -0.317 e. The highest BCUT2D eigenvalue weighted by atomic mass is 14.9. The molecule has 1 fully saturated rings. The maximum Gasteiger partial charge on any atom is 0.0104 e. The SMILES string of the molecule is CCC(CC)CC(NC)C1C2CCc3ccccc3C21. The zero-order chi connectivity index (χ0) is 14.1. The second-order valence-electron chi connectivity index (χ2n) is 6.82. The monoisotopic (exact) mass is 271 g/mol. The van der Waals surface area contributed by atoms with Crippen LogP contribution in [0.4, 0.5) is 0 Å². The smallest absolute Gasteiger partial charge is 0.0104 e. The predicted molar refractivity (Wildman–Crippen MR) is 86.0 cm³/mol. The van der Waals surface area contributed by atoms with Gasteiger partial charge in [-0.3, -0.25) is 0 Å². The van der Waals surface area contributed by atoms with Crippen molar-refractivity contribution >= 4 is 0 Å². The van der Waals surface area contributed by atoms with E-state index in [-0.39, 0.29) is 0 Å². The summed E-state index contributed by atoms with van der Waals surface area (Å²) in [7, 11) is 2.17. The first-order valence-corrected chi connectivity index (χ1v) is 8.55. The highest BCUT2D eigenvalue weighted by Crippen LogP contribution is 2.61. The van der Waals surface area contributed by atoms with E-state index in [0.29, 0.717) is 0 Å². The van der Waals surface area contributed by atoms with Gasteiger partial charge in [-0.05, 0) is 61.1 Å². The predicted octanol–water partition coefficient (Wildman–Crippen LogP) is 4.38. The molecule has 2 aliphatic rings. The van der Waals surface area contributed by atoms with Crippen LogP contribution in [0.2, 0.25) is 0 Å². The lowest BCUT2D eigenvalue weighted by Gasteiger charge is -2.22. The van der Waals surface area contributed by atoms with Gasteiger partial charge in [-0.15, -0.1) is 0 Å². The van der Waals surface area contributed by atoms with Crippen LogP contribution in [0.25, 0.3) is 0 Å². The molecule has 0 heterocycles. The largest absolute Gasteiger partial charge is 0.317 e. The van der Waals surface area contributed by atoms with Crippen LogP contribution in [0.5, 0.6) is 0 Å². The Morgan fingerprint density at radius 1 is 1.20 bits per heavy atom. The summed E-state index contributed by atoms with van der Waals surface area (Å²) < 4.78 is 0. The maximum atomic E-state index is 3.65. The first kappa shape index (κ1) is 14.1. The lowest BCUT2D eigenvalue weighted by molar-refractivity contribution is 0.342. The van der Waals surface area contributed by atoms with E-state index in [2.05, 4.69) is 50.5 Å². The van der Waals surface area contributed by atoms with Crippen LogP contribution in [0.1, 0.15) is 56.6 Å². The Morgan fingerprint density at radius 3 is 2.65 bits per heavy atom. The standard InChI is InChI=1S/C19H29N/c1-4-13(5-2)12-17(20-3)19-16-11-10-14-8-6-7-9-15(14)18(16)19/h6-9,13,16-20H,4-5,10-12H2,1-3H3. The van der Waals surface area contributed by atoms with Crippen molar-refractivity contribution in [3.63, 3.8) is 0 Å². The normalized spacial score (nSPS) is 28.9. The van der Waals surface area contributed by atoms with Gasteiger partial charge in [0.1, 0.15) is 0 Å². The lowest BCUT2D eigenvalue weighted by Crippen LogP contribution is -2.31. The summed E-state index contributed by atoms with van der Waals surface area (Å²) in [6, 6.07) is 9.88. The van der Waals surface area contributed by atoms with E-state index in [1.807, 2.05) is 0 Å². The molecule has 0 saturated heterocycles. The molecule has 0 aromatic heterocycles. The van der Waals surface area contributed by atoms with Crippen molar-refractivity contribution in [3.8, 4) is 0 Å². The van der Waals surface area contributed by atoms with Crippen molar-refractivity contribution in [1.29, 1.82) is 0 Å². The molecule has 0 radical (unpaired) electrons. The quantitative estimate of drug-likeness (QED) is 0.810. The van der Waals surface area contributed by atoms with Crippen LogP contribution >= 0.6 is 0 Å². The molecule has 20 heavy (non-hydrogen) atoms. The fourth-order valence-electron chi connectivity index (χ4n) is 4.62. The van der Waals surface area contributed by atoms with Crippen molar-refractivity contribution in [2.45, 2.75) is 57.9 Å². The molecule has 1 nitrogen and oxygen atoms in total. The molecule has 0 aliphatic heterocycles. The van der Waals surface area contributed by atoms with Crippen molar-refractivity contribution < 1.29 is 0 Å². The Bertz CT molecular complexity index is 449. The topological polar surface area (TPSA) is 12.0 Å².